The van der Waals surface area contributed by atoms with Crippen LogP contribution >= 0.6 is 0 Å². The Labute approximate surface area is 269 Å². The Hall–Kier alpha value is -3.87. The second kappa shape index (κ2) is 12.7. The quantitative estimate of drug-likeness (QED) is 0.409. The van der Waals surface area contributed by atoms with Gasteiger partial charge >= 0.3 is 0 Å². The first-order chi connectivity index (χ1) is 22.0. The van der Waals surface area contributed by atoms with E-state index < -0.39 is 50.6 Å². The van der Waals surface area contributed by atoms with Crippen LogP contribution in [0.4, 0.5) is 0 Å². The Morgan fingerprint density at radius 2 is 1.93 bits per heavy atom. The zero-order valence-corrected chi connectivity index (χ0v) is 27.3. The first kappa shape index (κ1) is 32.1. The molecule has 3 saturated carbocycles. The molecule has 0 saturated heterocycles. The van der Waals surface area contributed by atoms with Gasteiger partial charge in [0.15, 0.2) is 0 Å². The smallest absolute Gasteiger partial charge is 0.259 e. The average Bonchev–Trinajstić information content (AvgIpc) is 3.95. The van der Waals surface area contributed by atoms with Crippen LogP contribution in [0.3, 0.4) is 0 Å². The number of sulfonamides is 1. The maximum atomic E-state index is 14.1. The fourth-order valence-electron chi connectivity index (χ4n) is 6.67. The molecule has 4 aliphatic rings. The Morgan fingerprint density at radius 1 is 1.15 bits per heavy atom. The van der Waals surface area contributed by atoms with Crippen molar-refractivity contribution >= 4 is 38.6 Å². The third kappa shape index (κ3) is 6.51. The SMILES string of the molecule is CCOc1cc(OC2CC3C(=O)NC4(C(=O)NS(=O)(=O)C5CC5)CC4/C=C/CCCCN(C)C(=O)C3C2)c2ccc(OC)cc2n1. The maximum absolute atomic E-state index is 14.1. The summed E-state index contributed by atoms with van der Waals surface area (Å²) in [6, 6.07) is 7.16. The van der Waals surface area contributed by atoms with E-state index in [1.165, 1.54) is 0 Å². The molecule has 1 aromatic carbocycles. The van der Waals surface area contributed by atoms with Crippen molar-refractivity contribution < 1.29 is 37.0 Å². The number of carbonyl (C=O) groups excluding carboxylic acids is 3. The molecule has 0 bridgehead atoms. The number of nitrogens with one attached hydrogen (secondary N) is 2. The van der Waals surface area contributed by atoms with Gasteiger partial charge in [-0.25, -0.2) is 13.4 Å². The van der Waals surface area contributed by atoms with E-state index in [2.05, 4.69) is 15.0 Å². The predicted molar refractivity (Wildman–Crippen MR) is 170 cm³/mol. The van der Waals surface area contributed by atoms with E-state index in [9.17, 15) is 22.8 Å². The summed E-state index contributed by atoms with van der Waals surface area (Å²) in [7, 11) is -0.485. The number of hydrogen-bond acceptors (Lipinski definition) is 9. The Kier molecular flexibility index (Phi) is 8.88. The lowest BCUT2D eigenvalue weighted by Crippen LogP contribution is -2.54. The molecule has 5 atom stereocenters. The molecule has 46 heavy (non-hydrogen) atoms. The highest BCUT2D eigenvalue weighted by molar-refractivity contribution is 7.91. The molecule has 0 radical (unpaired) electrons. The van der Waals surface area contributed by atoms with Gasteiger partial charge in [0.25, 0.3) is 5.91 Å². The van der Waals surface area contributed by atoms with Gasteiger partial charge in [-0.3, -0.25) is 19.1 Å². The topological polar surface area (TPSA) is 153 Å². The standard InChI is InChI=1S/C33H42N4O8S/c1-4-44-29-18-28(24-13-10-21(43-3)17-27(24)34-29)45-22-15-25-26(16-22)31(39)37(2)14-8-6-5-7-9-20-19-33(20,35-30(25)38)32(40)36-46(41,42)23-11-12-23/h7,9-10,13,17-18,20,22-23,25-26H,4-6,8,11-12,14-16,19H2,1-3H3,(H,35,38)(H,36,40)/b9-7+. The molecule has 3 fully saturated rings. The molecule has 248 valence electrons. The highest BCUT2D eigenvalue weighted by atomic mass is 32.2. The van der Waals surface area contributed by atoms with Crippen LogP contribution in [0, 0.1) is 17.8 Å². The van der Waals surface area contributed by atoms with Gasteiger partial charge in [0.2, 0.25) is 27.7 Å². The number of fused-ring (bicyclic) bond motifs is 3. The lowest BCUT2D eigenvalue weighted by molar-refractivity contribution is -0.140. The third-order valence-corrected chi connectivity index (χ3v) is 11.4. The van der Waals surface area contributed by atoms with Crippen LogP contribution in [0.5, 0.6) is 17.4 Å². The molecular weight excluding hydrogens is 612 g/mol. The number of carbonyl (C=O) groups is 3. The Bertz CT molecular complexity index is 1660. The van der Waals surface area contributed by atoms with Crippen molar-refractivity contribution in [3.05, 3.63) is 36.4 Å². The molecule has 6 rings (SSSR count). The van der Waals surface area contributed by atoms with Gasteiger partial charge in [-0.15, -0.1) is 0 Å². The highest BCUT2D eigenvalue weighted by Crippen LogP contribution is 2.47. The van der Waals surface area contributed by atoms with E-state index in [0.29, 0.717) is 61.7 Å². The van der Waals surface area contributed by atoms with Gasteiger partial charge in [-0.05, 0) is 70.4 Å². The van der Waals surface area contributed by atoms with Crippen LogP contribution in [0.15, 0.2) is 36.4 Å². The third-order valence-electron chi connectivity index (χ3n) is 9.54. The van der Waals surface area contributed by atoms with Crippen LogP contribution in [0.2, 0.25) is 0 Å². The number of amides is 3. The molecule has 5 unspecified atom stereocenters. The summed E-state index contributed by atoms with van der Waals surface area (Å²) in [5.41, 5.74) is -0.766. The van der Waals surface area contributed by atoms with Crippen molar-refractivity contribution in [3.8, 4) is 17.4 Å². The monoisotopic (exact) mass is 654 g/mol. The minimum Gasteiger partial charge on any atom is -0.497 e. The molecule has 3 aliphatic carbocycles. The van der Waals surface area contributed by atoms with Crippen LogP contribution in [0.25, 0.3) is 10.9 Å². The van der Waals surface area contributed by atoms with Gasteiger partial charge in [0.05, 0.1) is 36.3 Å². The lowest BCUT2D eigenvalue weighted by atomic mass is 9.93. The van der Waals surface area contributed by atoms with Gasteiger partial charge in [-0.2, -0.15) is 0 Å². The number of ether oxygens (including phenoxy) is 3. The molecule has 2 N–H and O–H groups in total. The molecule has 1 aliphatic heterocycles. The van der Waals surface area contributed by atoms with E-state index in [0.717, 1.165) is 24.6 Å². The molecule has 1 aromatic heterocycles. The van der Waals surface area contributed by atoms with Crippen molar-refractivity contribution in [1.82, 2.24) is 19.9 Å². The fourth-order valence-corrected chi connectivity index (χ4v) is 8.03. The van der Waals surface area contributed by atoms with Gasteiger partial charge in [0.1, 0.15) is 23.1 Å². The van der Waals surface area contributed by atoms with Crippen molar-refractivity contribution in [2.75, 3.05) is 27.3 Å². The molecule has 2 aromatic rings. The summed E-state index contributed by atoms with van der Waals surface area (Å²) in [6.07, 6.45) is 7.62. The number of nitrogens with zero attached hydrogens (tertiary/aromatic N) is 2. The van der Waals surface area contributed by atoms with Crippen LogP contribution in [0.1, 0.15) is 58.3 Å². The van der Waals surface area contributed by atoms with Gasteiger partial charge in [-0.1, -0.05) is 12.2 Å². The Balaban J connectivity index is 1.29. The highest BCUT2D eigenvalue weighted by Gasteiger charge is 2.62. The Morgan fingerprint density at radius 3 is 2.67 bits per heavy atom. The zero-order valence-electron chi connectivity index (χ0n) is 26.5. The maximum Gasteiger partial charge on any atom is 0.259 e. The van der Waals surface area contributed by atoms with Gasteiger partial charge in [0, 0.05) is 37.0 Å². The largest absolute Gasteiger partial charge is 0.497 e. The van der Waals surface area contributed by atoms with Crippen molar-refractivity contribution in [1.29, 1.82) is 0 Å². The lowest BCUT2D eigenvalue weighted by Gasteiger charge is -2.26. The number of pyridine rings is 1. The number of rotatable bonds is 8. The normalized spacial score (nSPS) is 29.2. The van der Waals surface area contributed by atoms with E-state index >= 15 is 0 Å². The number of allylic oxidation sites excluding steroid dienone is 1. The second-order valence-electron chi connectivity index (χ2n) is 12.8. The minimum atomic E-state index is -3.81. The summed E-state index contributed by atoms with van der Waals surface area (Å²) >= 11 is 0. The average molecular weight is 655 g/mol. The summed E-state index contributed by atoms with van der Waals surface area (Å²) in [4.78, 5) is 47.6. The first-order valence-electron chi connectivity index (χ1n) is 16.1. The summed E-state index contributed by atoms with van der Waals surface area (Å²) in [5.74, 6) is -1.60. The van der Waals surface area contributed by atoms with Gasteiger partial charge < -0.3 is 24.4 Å². The molecule has 3 amide bonds. The molecule has 13 heteroatoms. The van der Waals surface area contributed by atoms with Crippen molar-refractivity contribution in [2.45, 2.75) is 75.2 Å². The van der Waals surface area contributed by atoms with Crippen LogP contribution in [-0.4, -0.2) is 80.2 Å². The van der Waals surface area contributed by atoms with E-state index in [1.807, 2.05) is 31.2 Å². The summed E-state index contributed by atoms with van der Waals surface area (Å²) in [5, 5.41) is 3.08. The van der Waals surface area contributed by atoms with E-state index in [-0.39, 0.29) is 18.2 Å². The van der Waals surface area contributed by atoms with Crippen molar-refractivity contribution in [3.63, 3.8) is 0 Å². The number of aromatic nitrogens is 1. The number of hydrogen-bond donors (Lipinski definition) is 2. The second-order valence-corrected chi connectivity index (χ2v) is 14.8. The molecule has 12 nitrogen and oxygen atoms in total. The van der Waals surface area contributed by atoms with Crippen LogP contribution < -0.4 is 24.2 Å². The van der Waals surface area contributed by atoms with Crippen LogP contribution in [-0.2, 0) is 24.4 Å². The van der Waals surface area contributed by atoms with E-state index in [1.54, 1.807) is 31.2 Å². The fraction of sp³-hybridized carbons (Fsp3) is 0.576. The molecular formula is C33H42N4O8S. The predicted octanol–water partition coefficient (Wildman–Crippen LogP) is 3.10. The zero-order chi connectivity index (χ0) is 32.6. The minimum absolute atomic E-state index is 0.152. The molecule has 0 spiro atoms. The van der Waals surface area contributed by atoms with E-state index in [4.69, 9.17) is 14.2 Å². The van der Waals surface area contributed by atoms with Crippen molar-refractivity contribution in [2.24, 2.45) is 17.8 Å². The molecule has 2 heterocycles. The summed E-state index contributed by atoms with van der Waals surface area (Å²) < 4.78 is 45.2. The summed E-state index contributed by atoms with van der Waals surface area (Å²) in [6.45, 7) is 2.83. The number of benzene rings is 1. The number of methoxy groups -OCH3 is 1. The first-order valence-corrected chi connectivity index (χ1v) is 17.7.